The van der Waals surface area contributed by atoms with Crippen LogP contribution < -0.4 is 10.6 Å². The van der Waals surface area contributed by atoms with Crippen LogP contribution in [-0.2, 0) is 17.9 Å². The second kappa shape index (κ2) is 8.16. The average molecular weight is 382 g/mol. The van der Waals surface area contributed by atoms with Gasteiger partial charge in [0.25, 0.3) is 11.8 Å². The lowest BCUT2D eigenvalue weighted by Gasteiger charge is -2.05. The van der Waals surface area contributed by atoms with Gasteiger partial charge in [0.15, 0.2) is 5.69 Å². The molecule has 0 atom stereocenters. The number of rotatable bonds is 7. The molecule has 3 rings (SSSR count). The molecule has 0 aliphatic carbocycles. The molecule has 10 heteroatoms. The van der Waals surface area contributed by atoms with Crippen LogP contribution in [0.15, 0.2) is 48.9 Å². The number of nitrogens with one attached hydrogen (secondary N) is 2. The molecule has 28 heavy (non-hydrogen) atoms. The summed E-state index contributed by atoms with van der Waals surface area (Å²) in [4.78, 5) is 35.8. The quantitative estimate of drug-likeness (QED) is 0.570. The number of anilines is 2. The number of hydrogen-bond donors (Lipinski definition) is 3. The van der Waals surface area contributed by atoms with Gasteiger partial charge in [0.05, 0.1) is 17.4 Å². The predicted molar refractivity (Wildman–Crippen MR) is 100 cm³/mol. The first kappa shape index (κ1) is 18.8. The van der Waals surface area contributed by atoms with Gasteiger partial charge in [-0.3, -0.25) is 23.7 Å². The standard InChI is InChI=1S/C18H18N6O4/c1-2-23-10-14(16(22-23)18(28)20-13-6-4-3-5-7-13)21-17(27)12-8-19-24(9-12)11-15(25)26/h3-10H,2,11H2,1H3,(H,20,28)(H,21,27)(H,25,26). The van der Waals surface area contributed by atoms with Gasteiger partial charge in [0.2, 0.25) is 0 Å². The molecule has 2 heterocycles. The highest BCUT2D eigenvalue weighted by Crippen LogP contribution is 2.17. The predicted octanol–water partition coefficient (Wildman–Crippen LogP) is 1.69. The second-order valence-electron chi connectivity index (χ2n) is 5.84. The highest BCUT2D eigenvalue weighted by atomic mass is 16.4. The molecule has 10 nitrogen and oxygen atoms in total. The van der Waals surface area contributed by atoms with Crippen molar-refractivity contribution in [3.8, 4) is 0 Å². The molecule has 0 saturated heterocycles. The van der Waals surface area contributed by atoms with Crippen molar-refractivity contribution in [2.75, 3.05) is 10.6 Å². The number of carboxylic acid groups (broad SMARTS) is 1. The van der Waals surface area contributed by atoms with Gasteiger partial charge in [0, 0.05) is 24.6 Å². The summed E-state index contributed by atoms with van der Waals surface area (Å²) in [5.74, 6) is -2.06. The van der Waals surface area contributed by atoms with Crippen LogP contribution in [0.2, 0.25) is 0 Å². The topological polar surface area (TPSA) is 131 Å². The molecule has 0 radical (unpaired) electrons. The molecule has 0 bridgehead atoms. The molecule has 2 aromatic heterocycles. The van der Waals surface area contributed by atoms with Crippen LogP contribution in [-0.4, -0.2) is 42.5 Å². The van der Waals surface area contributed by atoms with E-state index in [9.17, 15) is 14.4 Å². The lowest BCUT2D eigenvalue weighted by atomic mass is 10.2. The van der Waals surface area contributed by atoms with E-state index in [0.29, 0.717) is 12.2 Å². The van der Waals surface area contributed by atoms with Crippen molar-refractivity contribution in [3.63, 3.8) is 0 Å². The SMILES string of the molecule is CCn1cc(NC(=O)c2cnn(CC(=O)O)c2)c(C(=O)Nc2ccccc2)n1. The van der Waals surface area contributed by atoms with E-state index < -0.39 is 17.8 Å². The van der Waals surface area contributed by atoms with Crippen LogP contribution in [0.3, 0.4) is 0 Å². The van der Waals surface area contributed by atoms with Crippen LogP contribution in [0.1, 0.15) is 27.8 Å². The monoisotopic (exact) mass is 382 g/mol. The van der Waals surface area contributed by atoms with Gasteiger partial charge in [-0.25, -0.2) is 0 Å². The normalized spacial score (nSPS) is 10.5. The van der Waals surface area contributed by atoms with Crippen LogP contribution >= 0.6 is 0 Å². The van der Waals surface area contributed by atoms with Gasteiger partial charge in [-0.1, -0.05) is 18.2 Å². The smallest absolute Gasteiger partial charge is 0.325 e. The third kappa shape index (κ3) is 4.41. The van der Waals surface area contributed by atoms with E-state index in [4.69, 9.17) is 5.11 Å². The summed E-state index contributed by atoms with van der Waals surface area (Å²) in [6.07, 6.45) is 4.13. The van der Waals surface area contributed by atoms with E-state index in [2.05, 4.69) is 20.8 Å². The molecule has 144 valence electrons. The van der Waals surface area contributed by atoms with Crippen molar-refractivity contribution < 1.29 is 19.5 Å². The van der Waals surface area contributed by atoms with Crippen molar-refractivity contribution in [1.29, 1.82) is 0 Å². The first-order valence-electron chi connectivity index (χ1n) is 8.45. The third-order valence-electron chi connectivity index (χ3n) is 3.77. The Hall–Kier alpha value is -3.95. The van der Waals surface area contributed by atoms with Crippen molar-refractivity contribution in [3.05, 3.63) is 60.2 Å². The number of para-hydroxylation sites is 1. The maximum absolute atomic E-state index is 12.6. The number of aromatic nitrogens is 4. The van der Waals surface area contributed by atoms with Gasteiger partial charge >= 0.3 is 5.97 Å². The Labute approximate surface area is 159 Å². The molecule has 3 aromatic rings. The van der Waals surface area contributed by atoms with Crippen molar-refractivity contribution >= 4 is 29.2 Å². The number of carbonyl (C=O) groups is 3. The molecular formula is C18H18N6O4. The molecule has 3 N–H and O–H groups in total. The van der Waals surface area contributed by atoms with Crippen molar-refractivity contribution in [1.82, 2.24) is 19.6 Å². The first-order valence-corrected chi connectivity index (χ1v) is 8.45. The van der Waals surface area contributed by atoms with Crippen LogP contribution in [0.4, 0.5) is 11.4 Å². The zero-order valence-electron chi connectivity index (χ0n) is 15.0. The summed E-state index contributed by atoms with van der Waals surface area (Å²) in [7, 11) is 0. The van der Waals surface area contributed by atoms with Crippen LogP contribution in [0.5, 0.6) is 0 Å². The van der Waals surface area contributed by atoms with Gasteiger partial charge < -0.3 is 15.7 Å². The number of amides is 2. The molecule has 0 unspecified atom stereocenters. The summed E-state index contributed by atoms with van der Waals surface area (Å²) >= 11 is 0. The van der Waals surface area contributed by atoms with Gasteiger partial charge in [-0.15, -0.1) is 0 Å². The highest BCUT2D eigenvalue weighted by molar-refractivity contribution is 6.11. The van der Waals surface area contributed by atoms with E-state index in [1.54, 1.807) is 30.5 Å². The summed E-state index contributed by atoms with van der Waals surface area (Å²) in [5, 5.41) is 22.2. The Morgan fingerprint density at radius 3 is 2.46 bits per heavy atom. The lowest BCUT2D eigenvalue weighted by molar-refractivity contribution is -0.137. The zero-order chi connectivity index (χ0) is 20.1. The molecule has 0 spiro atoms. The second-order valence-corrected chi connectivity index (χ2v) is 5.84. The highest BCUT2D eigenvalue weighted by Gasteiger charge is 2.20. The Bertz CT molecular complexity index is 1010. The maximum atomic E-state index is 12.6. The number of benzene rings is 1. The van der Waals surface area contributed by atoms with E-state index >= 15 is 0 Å². The molecule has 2 amide bonds. The molecule has 0 fully saturated rings. The first-order chi connectivity index (χ1) is 13.5. The Kier molecular flexibility index (Phi) is 5.49. The largest absolute Gasteiger partial charge is 0.480 e. The minimum atomic E-state index is -1.07. The summed E-state index contributed by atoms with van der Waals surface area (Å²) in [6.45, 7) is 2.01. The van der Waals surface area contributed by atoms with Crippen molar-refractivity contribution in [2.45, 2.75) is 20.0 Å². The maximum Gasteiger partial charge on any atom is 0.325 e. The van der Waals surface area contributed by atoms with Crippen LogP contribution in [0.25, 0.3) is 0 Å². The zero-order valence-corrected chi connectivity index (χ0v) is 15.0. The summed E-state index contributed by atoms with van der Waals surface area (Å²) < 4.78 is 2.67. The van der Waals surface area contributed by atoms with Crippen LogP contribution in [0, 0.1) is 0 Å². The Morgan fingerprint density at radius 2 is 1.79 bits per heavy atom. The molecule has 1 aromatic carbocycles. The fourth-order valence-corrected chi connectivity index (χ4v) is 2.45. The van der Waals surface area contributed by atoms with E-state index in [1.807, 2.05) is 13.0 Å². The van der Waals surface area contributed by atoms with Crippen molar-refractivity contribution in [2.24, 2.45) is 0 Å². The fraction of sp³-hybridized carbons (Fsp3) is 0.167. The molecule has 0 saturated carbocycles. The number of hydrogen-bond acceptors (Lipinski definition) is 5. The molecular weight excluding hydrogens is 364 g/mol. The number of nitrogens with zero attached hydrogens (tertiary/aromatic N) is 4. The van der Waals surface area contributed by atoms with E-state index in [0.717, 1.165) is 4.68 Å². The van der Waals surface area contributed by atoms with E-state index in [1.165, 1.54) is 17.1 Å². The average Bonchev–Trinajstić information content (AvgIpc) is 3.29. The van der Waals surface area contributed by atoms with Gasteiger partial charge in [-0.05, 0) is 19.1 Å². The minimum Gasteiger partial charge on any atom is -0.480 e. The molecule has 0 aliphatic rings. The fourth-order valence-electron chi connectivity index (χ4n) is 2.45. The number of aryl methyl sites for hydroxylation is 1. The van der Waals surface area contributed by atoms with E-state index in [-0.39, 0.29) is 23.5 Å². The number of carbonyl (C=O) groups excluding carboxylic acids is 2. The minimum absolute atomic E-state index is 0.0666. The summed E-state index contributed by atoms with van der Waals surface area (Å²) in [6, 6.07) is 8.89. The number of carboxylic acids is 1. The Balaban J connectivity index is 1.78. The molecule has 0 aliphatic heterocycles. The lowest BCUT2D eigenvalue weighted by Crippen LogP contribution is -2.18. The van der Waals surface area contributed by atoms with Gasteiger partial charge in [0.1, 0.15) is 6.54 Å². The van der Waals surface area contributed by atoms with Gasteiger partial charge in [-0.2, -0.15) is 10.2 Å². The Morgan fingerprint density at radius 1 is 1.04 bits per heavy atom. The summed E-state index contributed by atoms with van der Waals surface area (Å²) in [5.41, 5.74) is 1.08. The third-order valence-corrected chi connectivity index (χ3v) is 3.77. The number of aliphatic carboxylic acids is 1.